The molecule has 2 unspecified atom stereocenters. The van der Waals surface area contributed by atoms with E-state index in [4.69, 9.17) is 20.8 Å². The molecule has 9 heteroatoms. The highest BCUT2D eigenvalue weighted by molar-refractivity contribution is 6.32. The predicted molar refractivity (Wildman–Crippen MR) is 151 cm³/mol. The van der Waals surface area contributed by atoms with Gasteiger partial charge in [0, 0.05) is 24.3 Å². The topological polar surface area (TPSA) is 125 Å². The first-order valence-corrected chi connectivity index (χ1v) is 14.3. The minimum atomic E-state index is -1.25. The van der Waals surface area contributed by atoms with Crippen molar-refractivity contribution < 1.29 is 29.0 Å². The number of aromatic nitrogens is 1. The van der Waals surface area contributed by atoms with Gasteiger partial charge in [0.05, 0.1) is 41.8 Å². The van der Waals surface area contributed by atoms with Gasteiger partial charge in [-0.05, 0) is 52.0 Å². The molecule has 2 aliphatic heterocycles. The number of ketones is 1. The molecule has 2 aliphatic rings. The van der Waals surface area contributed by atoms with E-state index in [2.05, 4.69) is 10.3 Å². The Balaban J connectivity index is 1.90. The summed E-state index contributed by atoms with van der Waals surface area (Å²) in [4.78, 5) is 31.2. The monoisotopic (exact) mass is 564 g/mol. The number of ether oxygens (including phenoxy) is 1. The molecule has 8 nitrogen and oxygen atoms in total. The van der Waals surface area contributed by atoms with Gasteiger partial charge in [0.25, 0.3) is 0 Å². The van der Waals surface area contributed by atoms with Crippen molar-refractivity contribution in [2.45, 2.75) is 117 Å². The van der Waals surface area contributed by atoms with E-state index in [1.54, 1.807) is 26.8 Å². The van der Waals surface area contributed by atoms with Gasteiger partial charge in [0.1, 0.15) is 17.7 Å². The molecular weight excluding hydrogens is 520 g/mol. The van der Waals surface area contributed by atoms with Crippen LogP contribution in [-0.2, 0) is 14.3 Å². The molecule has 39 heavy (non-hydrogen) atoms. The smallest absolute Gasteiger partial charge is 0.223 e. The second kappa shape index (κ2) is 12.7. The molecule has 0 saturated carbocycles. The Morgan fingerprint density at radius 1 is 1.26 bits per heavy atom. The highest BCUT2D eigenvalue weighted by Gasteiger charge is 2.52. The molecule has 3 heterocycles. The summed E-state index contributed by atoms with van der Waals surface area (Å²) in [6.45, 7) is 12.9. The number of epoxide rings is 1. The van der Waals surface area contributed by atoms with Crippen LogP contribution in [0.25, 0.3) is 6.08 Å². The van der Waals surface area contributed by atoms with Crippen molar-refractivity contribution in [3.05, 3.63) is 34.5 Å². The summed E-state index contributed by atoms with van der Waals surface area (Å²) in [5, 5.41) is 25.7. The highest BCUT2D eigenvalue weighted by atomic mass is 35.5. The molecule has 218 valence electrons. The van der Waals surface area contributed by atoms with Crippen LogP contribution in [0.15, 0.2) is 27.4 Å². The zero-order valence-electron chi connectivity index (χ0n) is 24.3. The third kappa shape index (κ3) is 8.03. The predicted octanol–water partition coefficient (Wildman–Crippen LogP) is 5.09. The number of nitrogens with zero attached hydrogens (tertiary/aromatic N) is 1. The van der Waals surface area contributed by atoms with Gasteiger partial charge < -0.3 is 24.7 Å². The van der Waals surface area contributed by atoms with Crippen molar-refractivity contribution in [1.29, 1.82) is 0 Å². The fraction of sp³-hybridized carbons (Fsp3) is 0.700. The molecule has 3 rings (SSSR count). The maximum atomic E-state index is 13.8. The van der Waals surface area contributed by atoms with Crippen molar-refractivity contribution in [3.8, 4) is 0 Å². The van der Waals surface area contributed by atoms with Crippen LogP contribution in [0.1, 0.15) is 91.7 Å². The van der Waals surface area contributed by atoms with E-state index in [9.17, 15) is 19.8 Å². The zero-order valence-corrected chi connectivity index (χ0v) is 25.0. The normalized spacial score (nSPS) is 34.7. The SMILES string of the molecule is CC(C)=CC[C@H]1C(=O)C(C)(C)[C@@H](O)CC(=O)N[C@H](C(Cl)=Cc2coc(C)n2)CC2OC2(C)CCC[C@H](C)[C@H]1O. The number of Topliss-reactive ketones (excluding diaryl/α,β-unsaturated/α-hetero) is 1. The average molecular weight is 565 g/mol. The zero-order chi connectivity index (χ0) is 29.1. The van der Waals surface area contributed by atoms with Gasteiger partial charge in [-0.15, -0.1) is 0 Å². The number of carbonyl (C=O) groups is 2. The third-order valence-corrected chi connectivity index (χ3v) is 8.74. The Morgan fingerprint density at radius 2 is 1.95 bits per heavy atom. The molecule has 2 fully saturated rings. The minimum absolute atomic E-state index is 0.106. The van der Waals surface area contributed by atoms with Crippen molar-refractivity contribution in [1.82, 2.24) is 10.3 Å². The van der Waals surface area contributed by atoms with Crippen LogP contribution in [0, 0.1) is 24.2 Å². The van der Waals surface area contributed by atoms with Gasteiger partial charge in [0.2, 0.25) is 5.91 Å². The lowest BCUT2D eigenvalue weighted by Crippen LogP contribution is -2.48. The van der Waals surface area contributed by atoms with Crippen LogP contribution in [0.3, 0.4) is 0 Å². The van der Waals surface area contributed by atoms with Crippen LogP contribution in [0.2, 0.25) is 0 Å². The maximum Gasteiger partial charge on any atom is 0.223 e. The minimum Gasteiger partial charge on any atom is -0.449 e. The molecule has 0 aliphatic carbocycles. The Morgan fingerprint density at radius 3 is 2.56 bits per heavy atom. The molecule has 0 aromatic carbocycles. The van der Waals surface area contributed by atoms with Crippen LogP contribution >= 0.6 is 11.6 Å². The van der Waals surface area contributed by atoms with Gasteiger partial charge in [0.15, 0.2) is 5.89 Å². The number of halogens is 1. The summed E-state index contributed by atoms with van der Waals surface area (Å²) in [6.07, 6.45) is 5.77. The number of fused-ring (bicyclic) bond motifs is 1. The van der Waals surface area contributed by atoms with Gasteiger partial charge in [-0.3, -0.25) is 9.59 Å². The maximum absolute atomic E-state index is 13.8. The van der Waals surface area contributed by atoms with E-state index < -0.39 is 35.5 Å². The van der Waals surface area contributed by atoms with Crippen LogP contribution in [0.5, 0.6) is 0 Å². The fourth-order valence-corrected chi connectivity index (χ4v) is 5.64. The number of nitrogens with one attached hydrogen (secondary N) is 1. The summed E-state index contributed by atoms with van der Waals surface area (Å²) in [5.41, 5.74) is -0.0133. The third-order valence-electron chi connectivity index (χ3n) is 8.37. The fourth-order valence-electron chi connectivity index (χ4n) is 5.38. The Hall–Kier alpha value is -2.00. The number of aryl methyl sites for hydroxylation is 1. The van der Waals surface area contributed by atoms with Crippen LogP contribution < -0.4 is 5.32 Å². The molecule has 7 atom stereocenters. The second-order valence-corrected chi connectivity index (χ2v) is 12.8. The molecule has 0 radical (unpaired) electrons. The van der Waals surface area contributed by atoms with Crippen molar-refractivity contribution in [2.24, 2.45) is 17.3 Å². The standard InChI is InChI=1S/C30H45ClN2O6/c1-17(2)10-11-21-27(36)18(3)9-8-12-30(7)25(39-30)14-23(22(31)13-20-16-38-19(4)32-20)33-26(35)15-24(34)29(5,6)28(21)37/h10,13,16,18,21,23-25,27,34,36H,8-9,11-12,14-15H2,1-7H3,(H,33,35)/t18-,21+,23-,24-,25?,27+,30?/m0/s1. The van der Waals surface area contributed by atoms with Crippen LogP contribution in [0.4, 0.5) is 0 Å². The molecule has 1 aromatic rings. The van der Waals surface area contributed by atoms with E-state index in [1.807, 2.05) is 33.8 Å². The molecule has 2 saturated heterocycles. The molecule has 0 spiro atoms. The lowest BCUT2D eigenvalue weighted by atomic mass is 9.71. The van der Waals surface area contributed by atoms with E-state index >= 15 is 0 Å². The lowest BCUT2D eigenvalue weighted by Gasteiger charge is -2.36. The number of oxazole rings is 1. The number of allylic oxidation sites excluding steroid dienone is 2. The summed E-state index contributed by atoms with van der Waals surface area (Å²) in [7, 11) is 0. The number of carbonyl (C=O) groups excluding carboxylic acids is 2. The molecular formula is C30H45ClN2O6. The van der Waals surface area contributed by atoms with Gasteiger partial charge in [-0.25, -0.2) is 4.98 Å². The molecule has 0 bridgehead atoms. The largest absolute Gasteiger partial charge is 0.449 e. The average Bonchev–Trinajstić information content (AvgIpc) is 3.29. The Bertz CT molecular complexity index is 1090. The highest BCUT2D eigenvalue weighted by Crippen LogP contribution is 2.45. The molecule has 1 aromatic heterocycles. The summed E-state index contributed by atoms with van der Waals surface area (Å²) in [5.74, 6) is -0.985. The first-order valence-electron chi connectivity index (χ1n) is 13.9. The first kappa shape index (κ1) is 31.5. The molecule has 1 amide bonds. The van der Waals surface area contributed by atoms with Gasteiger partial charge in [-0.1, -0.05) is 50.4 Å². The number of amides is 1. The lowest BCUT2D eigenvalue weighted by molar-refractivity contribution is -0.143. The van der Waals surface area contributed by atoms with Crippen molar-refractivity contribution >= 4 is 29.4 Å². The van der Waals surface area contributed by atoms with Gasteiger partial charge in [-0.2, -0.15) is 0 Å². The second-order valence-electron chi connectivity index (χ2n) is 12.4. The summed E-state index contributed by atoms with van der Waals surface area (Å²) < 4.78 is 11.3. The van der Waals surface area contributed by atoms with Crippen molar-refractivity contribution in [2.75, 3.05) is 0 Å². The van der Waals surface area contributed by atoms with Crippen molar-refractivity contribution in [3.63, 3.8) is 0 Å². The quantitative estimate of drug-likeness (QED) is 0.343. The van der Waals surface area contributed by atoms with Crippen LogP contribution in [-0.4, -0.2) is 56.8 Å². The number of hydrogen-bond donors (Lipinski definition) is 3. The van der Waals surface area contributed by atoms with E-state index in [1.165, 1.54) is 6.26 Å². The van der Waals surface area contributed by atoms with E-state index in [0.29, 0.717) is 29.5 Å². The Kier molecular flexibility index (Phi) is 10.2. The number of hydrogen-bond acceptors (Lipinski definition) is 7. The number of rotatable bonds is 4. The van der Waals surface area contributed by atoms with E-state index in [-0.39, 0.29) is 29.8 Å². The summed E-state index contributed by atoms with van der Waals surface area (Å²) >= 11 is 6.69. The number of aliphatic hydroxyl groups is 2. The summed E-state index contributed by atoms with van der Waals surface area (Å²) in [6, 6.07) is -0.562. The van der Waals surface area contributed by atoms with E-state index in [0.717, 1.165) is 24.8 Å². The molecule has 3 N–H and O–H groups in total. The van der Waals surface area contributed by atoms with Gasteiger partial charge >= 0.3 is 0 Å². The Labute approximate surface area is 237 Å². The number of aliphatic hydroxyl groups excluding tert-OH is 2. The first-order chi connectivity index (χ1) is 18.1.